The summed E-state index contributed by atoms with van der Waals surface area (Å²) in [6, 6.07) is 8.68. The first-order chi connectivity index (χ1) is 7.27. The normalized spacial score (nSPS) is 25.5. The van der Waals surface area contributed by atoms with Crippen LogP contribution in [0, 0.1) is 5.92 Å². The average Bonchev–Trinajstić information content (AvgIpc) is 2.63. The van der Waals surface area contributed by atoms with Gasteiger partial charge in [0.2, 0.25) is 0 Å². The molecule has 0 bridgehead atoms. The van der Waals surface area contributed by atoms with Crippen molar-refractivity contribution in [3.05, 3.63) is 35.5 Å². The maximum Gasteiger partial charge on any atom is 0.0459 e. The van der Waals surface area contributed by atoms with Crippen molar-refractivity contribution in [2.75, 3.05) is 0 Å². The van der Waals surface area contributed by atoms with Gasteiger partial charge < -0.3 is 4.98 Å². The minimum Gasteiger partial charge on any atom is -0.358 e. The molecule has 1 heteroatoms. The first-order valence-corrected chi connectivity index (χ1v) is 5.87. The molecular weight excluding hydrogens is 182 g/mol. The molecule has 0 saturated carbocycles. The number of hydrogen-bond donors (Lipinski definition) is 1. The molecule has 3 rings (SSSR count). The van der Waals surface area contributed by atoms with Crippen LogP contribution in [0.2, 0.25) is 0 Å². The third kappa shape index (κ3) is 1.22. The van der Waals surface area contributed by atoms with Gasteiger partial charge in [0.15, 0.2) is 0 Å². The highest BCUT2D eigenvalue weighted by atomic mass is 14.7. The van der Waals surface area contributed by atoms with E-state index in [9.17, 15) is 0 Å². The standard InChI is InChI=1S/C14H17N/c1-9-7-8-12-11-5-3-4-6-13(11)15-14(12)10(9)2/h3-6,9-10,15H,7-8H2,1-2H3. The number of H-pyrrole nitrogens is 1. The summed E-state index contributed by atoms with van der Waals surface area (Å²) in [5.41, 5.74) is 4.36. The van der Waals surface area contributed by atoms with Gasteiger partial charge in [0, 0.05) is 16.6 Å². The molecule has 1 aromatic heterocycles. The highest BCUT2D eigenvalue weighted by Crippen LogP contribution is 2.38. The van der Waals surface area contributed by atoms with Gasteiger partial charge in [-0.1, -0.05) is 32.0 Å². The van der Waals surface area contributed by atoms with E-state index in [0.29, 0.717) is 5.92 Å². The lowest BCUT2D eigenvalue weighted by Crippen LogP contribution is -2.15. The summed E-state index contributed by atoms with van der Waals surface area (Å²) < 4.78 is 0. The topological polar surface area (TPSA) is 15.8 Å². The van der Waals surface area contributed by atoms with E-state index in [1.807, 2.05) is 0 Å². The zero-order valence-electron chi connectivity index (χ0n) is 9.38. The zero-order valence-corrected chi connectivity index (χ0v) is 9.38. The van der Waals surface area contributed by atoms with Gasteiger partial charge in [-0.3, -0.25) is 0 Å². The molecule has 15 heavy (non-hydrogen) atoms. The van der Waals surface area contributed by atoms with E-state index in [1.54, 1.807) is 5.56 Å². The quantitative estimate of drug-likeness (QED) is 0.663. The van der Waals surface area contributed by atoms with Crippen molar-refractivity contribution in [3.8, 4) is 0 Å². The van der Waals surface area contributed by atoms with Crippen LogP contribution in [0.1, 0.15) is 37.4 Å². The van der Waals surface area contributed by atoms with Crippen molar-refractivity contribution in [3.63, 3.8) is 0 Å². The minimum atomic E-state index is 0.682. The Labute approximate surface area is 90.5 Å². The number of benzene rings is 1. The van der Waals surface area contributed by atoms with Gasteiger partial charge in [-0.05, 0) is 36.3 Å². The van der Waals surface area contributed by atoms with E-state index >= 15 is 0 Å². The molecule has 0 saturated heterocycles. The van der Waals surface area contributed by atoms with Crippen molar-refractivity contribution < 1.29 is 0 Å². The molecule has 1 aliphatic rings. The van der Waals surface area contributed by atoms with Crippen LogP contribution in [0.4, 0.5) is 0 Å². The van der Waals surface area contributed by atoms with Crippen molar-refractivity contribution in [2.45, 2.75) is 32.6 Å². The van der Waals surface area contributed by atoms with Crippen LogP contribution in [0.5, 0.6) is 0 Å². The summed E-state index contributed by atoms with van der Waals surface area (Å²) in [7, 11) is 0. The molecule has 0 radical (unpaired) electrons. The highest BCUT2D eigenvalue weighted by molar-refractivity contribution is 5.85. The van der Waals surface area contributed by atoms with Gasteiger partial charge >= 0.3 is 0 Å². The summed E-state index contributed by atoms with van der Waals surface area (Å²) in [6.45, 7) is 4.71. The maximum absolute atomic E-state index is 3.60. The number of rotatable bonds is 0. The number of para-hydroxylation sites is 1. The third-order valence-corrected chi connectivity index (χ3v) is 4.01. The SMILES string of the molecule is CC1CCc2c([nH]c3ccccc23)C1C. The van der Waals surface area contributed by atoms with E-state index in [-0.39, 0.29) is 0 Å². The Morgan fingerprint density at radius 3 is 2.87 bits per heavy atom. The van der Waals surface area contributed by atoms with Crippen LogP contribution in [0.15, 0.2) is 24.3 Å². The van der Waals surface area contributed by atoms with Crippen molar-refractivity contribution in [1.29, 1.82) is 0 Å². The molecule has 1 heterocycles. The number of aryl methyl sites for hydroxylation is 1. The number of fused-ring (bicyclic) bond motifs is 3. The fourth-order valence-corrected chi connectivity index (χ4v) is 2.79. The molecule has 1 N–H and O–H groups in total. The Balaban J connectivity index is 2.26. The molecule has 1 aliphatic carbocycles. The summed E-state index contributed by atoms with van der Waals surface area (Å²) in [5.74, 6) is 1.49. The van der Waals surface area contributed by atoms with Gasteiger partial charge in [0.25, 0.3) is 0 Å². The molecule has 0 fully saturated rings. The summed E-state index contributed by atoms with van der Waals surface area (Å²) in [4.78, 5) is 3.60. The lowest BCUT2D eigenvalue weighted by molar-refractivity contribution is 0.421. The molecule has 78 valence electrons. The Morgan fingerprint density at radius 1 is 1.20 bits per heavy atom. The second-order valence-electron chi connectivity index (χ2n) is 4.87. The van der Waals surface area contributed by atoms with Crippen LogP contribution in [-0.2, 0) is 6.42 Å². The highest BCUT2D eigenvalue weighted by Gasteiger charge is 2.25. The first-order valence-electron chi connectivity index (χ1n) is 5.87. The molecular formula is C14H17N. The molecule has 1 nitrogen and oxygen atoms in total. The second-order valence-corrected chi connectivity index (χ2v) is 4.87. The smallest absolute Gasteiger partial charge is 0.0459 e. The van der Waals surface area contributed by atoms with Crippen LogP contribution >= 0.6 is 0 Å². The summed E-state index contributed by atoms with van der Waals surface area (Å²) in [6.07, 6.45) is 2.57. The van der Waals surface area contributed by atoms with Gasteiger partial charge in [0.1, 0.15) is 0 Å². The Morgan fingerprint density at radius 2 is 2.00 bits per heavy atom. The molecule has 0 aliphatic heterocycles. The molecule has 0 amide bonds. The van der Waals surface area contributed by atoms with E-state index in [2.05, 4.69) is 43.1 Å². The lowest BCUT2D eigenvalue weighted by atomic mass is 9.80. The van der Waals surface area contributed by atoms with Crippen LogP contribution in [0.25, 0.3) is 10.9 Å². The average molecular weight is 199 g/mol. The molecule has 2 unspecified atom stereocenters. The Hall–Kier alpha value is -1.24. The number of aromatic amines is 1. The van der Waals surface area contributed by atoms with Crippen LogP contribution in [-0.4, -0.2) is 4.98 Å². The zero-order chi connectivity index (χ0) is 10.4. The van der Waals surface area contributed by atoms with Gasteiger partial charge in [-0.2, -0.15) is 0 Å². The molecule has 1 aromatic carbocycles. The van der Waals surface area contributed by atoms with Gasteiger partial charge in [0.05, 0.1) is 0 Å². The molecule has 2 atom stereocenters. The summed E-state index contributed by atoms with van der Waals surface area (Å²) in [5, 5.41) is 1.44. The lowest BCUT2D eigenvalue weighted by Gasteiger charge is -2.25. The van der Waals surface area contributed by atoms with E-state index in [4.69, 9.17) is 0 Å². The fourth-order valence-electron chi connectivity index (χ4n) is 2.79. The van der Waals surface area contributed by atoms with Crippen molar-refractivity contribution in [1.82, 2.24) is 4.98 Å². The second kappa shape index (κ2) is 3.13. The summed E-state index contributed by atoms with van der Waals surface area (Å²) >= 11 is 0. The predicted octanol–water partition coefficient (Wildman–Crippen LogP) is 3.85. The predicted molar refractivity (Wildman–Crippen MR) is 64.2 cm³/mol. The van der Waals surface area contributed by atoms with Crippen molar-refractivity contribution in [2.24, 2.45) is 5.92 Å². The third-order valence-electron chi connectivity index (χ3n) is 4.01. The van der Waals surface area contributed by atoms with E-state index in [1.165, 1.54) is 29.4 Å². The number of aromatic nitrogens is 1. The molecule has 2 aromatic rings. The van der Waals surface area contributed by atoms with E-state index in [0.717, 1.165) is 5.92 Å². The minimum absolute atomic E-state index is 0.682. The van der Waals surface area contributed by atoms with Crippen LogP contribution in [0.3, 0.4) is 0 Å². The van der Waals surface area contributed by atoms with Gasteiger partial charge in [-0.25, -0.2) is 0 Å². The Kier molecular flexibility index (Phi) is 1.88. The first kappa shape index (κ1) is 9.02. The van der Waals surface area contributed by atoms with E-state index < -0.39 is 0 Å². The monoisotopic (exact) mass is 199 g/mol. The van der Waals surface area contributed by atoms with Crippen molar-refractivity contribution >= 4 is 10.9 Å². The van der Waals surface area contributed by atoms with Gasteiger partial charge in [-0.15, -0.1) is 0 Å². The maximum atomic E-state index is 3.60. The largest absolute Gasteiger partial charge is 0.358 e. The number of hydrogen-bond acceptors (Lipinski definition) is 0. The Bertz CT molecular complexity index is 495. The van der Waals surface area contributed by atoms with Crippen LogP contribution < -0.4 is 0 Å². The number of nitrogens with one attached hydrogen (secondary N) is 1. The molecule has 0 spiro atoms. The fraction of sp³-hybridized carbons (Fsp3) is 0.429.